The lowest BCUT2D eigenvalue weighted by Gasteiger charge is -2.39. The second-order valence-corrected chi connectivity index (χ2v) is 3.14. The molecule has 0 spiro atoms. The highest BCUT2D eigenvalue weighted by molar-refractivity contribution is 5.01. The molecule has 0 aromatic heterocycles. The quantitative estimate of drug-likeness (QED) is 0.635. The van der Waals surface area contributed by atoms with Crippen molar-refractivity contribution >= 4 is 0 Å². The minimum absolute atomic E-state index is 0.0913. The Labute approximate surface area is 73.5 Å². The predicted octanol–water partition coefficient (Wildman–Crippen LogP) is 0.695. The highest BCUT2D eigenvalue weighted by Gasteiger charge is 2.36. The van der Waals surface area contributed by atoms with E-state index in [1.165, 1.54) is 0 Å². The average Bonchev–Trinajstić information content (AvgIpc) is 2.17. The smallest absolute Gasteiger partial charge is 0.0908 e. The maximum atomic E-state index is 5.89. The Kier molecular flexibility index (Phi) is 3.26. The van der Waals surface area contributed by atoms with E-state index in [4.69, 9.17) is 15.2 Å². The second kappa shape index (κ2) is 4.03. The first-order chi connectivity index (χ1) is 5.75. The predicted molar refractivity (Wildman–Crippen MR) is 48.0 cm³/mol. The molecule has 1 unspecified atom stereocenters. The molecule has 0 aromatic carbocycles. The molecule has 12 heavy (non-hydrogen) atoms. The van der Waals surface area contributed by atoms with Gasteiger partial charge in [0.05, 0.1) is 11.6 Å². The van der Waals surface area contributed by atoms with Gasteiger partial charge in [-0.1, -0.05) is 6.08 Å². The van der Waals surface area contributed by atoms with Gasteiger partial charge >= 0.3 is 0 Å². The summed E-state index contributed by atoms with van der Waals surface area (Å²) < 4.78 is 10.7. The first-order valence-electron chi connectivity index (χ1n) is 4.26. The van der Waals surface area contributed by atoms with Gasteiger partial charge in [0.25, 0.3) is 0 Å². The monoisotopic (exact) mass is 171 g/mol. The molecular formula is C9H17NO2. The van der Waals surface area contributed by atoms with Crippen molar-refractivity contribution in [2.45, 2.75) is 24.5 Å². The lowest BCUT2D eigenvalue weighted by Crippen LogP contribution is -2.51. The molecule has 3 nitrogen and oxygen atoms in total. The summed E-state index contributed by atoms with van der Waals surface area (Å²) in [6.07, 6.45) is 3.46. The van der Waals surface area contributed by atoms with Gasteiger partial charge < -0.3 is 15.2 Å². The van der Waals surface area contributed by atoms with Crippen LogP contribution >= 0.6 is 0 Å². The van der Waals surface area contributed by atoms with E-state index in [0.29, 0.717) is 0 Å². The number of ether oxygens (including phenoxy) is 2. The van der Waals surface area contributed by atoms with Gasteiger partial charge in [-0.3, -0.25) is 0 Å². The summed E-state index contributed by atoms with van der Waals surface area (Å²) >= 11 is 0. The zero-order valence-electron chi connectivity index (χ0n) is 7.58. The summed E-state index contributed by atoms with van der Waals surface area (Å²) in [5, 5.41) is 0. The van der Waals surface area contributed by atoms with Crippen molar-refractivity contribution in [1.29, 1.82) is 0 Å². The Morgan fingerprint density at radius 3 is 2.58 bits per heavy atom. The van der Waals surface area contributed by atoms with E-state index < -0.39 is 0 Å². The van der Waals surface area contributed by atoms with Crippen LogP contribution in [0.15, 0.2) is 12.7 Å². The molecule has 0 aromatic rings. The van der Waals surface area contributed by atoms with Crippen LogP contribution in [0.2, 0.25) is 0 Å². The molecule has 1 atom stereocenters. The average molecular weight is 171 g/mol. The third-order valence-electron chi connectivity index (χ3n) is 2.61. The summed E-state index contributed by atoms with van der Waals surface area (Å²) in [6.45, 7) is 5.15. The van der Waals surface area contributed by atoms with E-state index >= 15 is 0 Å². The van der Waals surface area contributed by atoms with Gasteiger partial charge in [-0.2, -0.15) is 0 Å². The van der Waals surface area contributed by atoms with Gasteiger partial charge in [-0.15, -0.1) is 6.58 Å². The molecule has 0 saturated carbocycles. The molecule has 0 bridgehead atoms. The maximum Gasteiger partial charge on any atom is 0.0908 e. The van der Waals surface area contributed by atoms with Gasteiger partial charge in [-0.25, -0.2) is 0 Å². The van der Waals surface area contributed by atoms with Gasteiger partial charge in [0, 0.05) is 33.2 Å². The highest BCUT2D eigenvalue weighted by atomic mass is 16.5. The number of nitrogens with two attached hydrogens (primary N) is 1. The number of rotatable bonds is 3. The lowest BCUT2D eigenvalue weighted by atomic mass is 9.86. The zero-order valence-corrected chi connectivity index (χ0v) is 7.58. The third kappa shape index (κ3) is 1.68. The summed E-state index contributed by atoms with van der Waals surface area (Å²) in [6, 6.07) is -0.0913. The molecule has 1 saturated heterocycles. The second-order valence-electron chi connectivity index (χ2n) is 3.14. The standard InChI is InChI=1S/C9H17NO2/c1-3-8(10)9(11-2)4-6-12-7-5-9/h3,8H,1,4-7,10H2,2H3. The van der Waals surface area contributed by atoms with E-state index in [9.17, 15) is 0 Å². The van der Waals surface area contributed by atoms with Crippen molar-refractivity contribution in [3.05, 3.63) is 12.7 Å². The Bertz CT molecular complexity index is 153. The summed E-state index contributed by atoms with van der Waals surface area (Å²) in [7, 11) is 1.70. The summed E-state index contributed by atoms with van der Waals surface area (Å²) in [5.41, 5.74) is 5.66. The van der Waals surface area contributed by atoms with Crippen molar-refractivity contribution in [3.63, 3.8) is 0 Å². The van der Waals surface area contributed by atoms with Gasteiger partial charge in [-0.05, 0) is 0 Å². The fourth-order valence-electron chi connectivity index (χ4n) is 1.61. The van der Waals surface area contributed by atoms with Crippen LogP contribution in [0.25, 0.3) is 0 Å². The van der Waals surface area contributed by atoms with E-state index in [1.807, 2.05) is 0 Å². The lowest BCUT2D eigenvalue weighted by molar-refractivity contribution is -0.0957. The van der Waals surface area contributed by atoms with Crippen LogP contribution in [0, 0.1) is 0 Å². The number of hydrogen-bond acceptors (Lipinski definition) is 3. The van der Waals surface area contributed by atoms with Gasteiger partial charge in [0.15, 0.2) is 0 Å². The summed E-state index contributed by atoms with van der Waals surface area (Å²) in [4.78, 5) is 0. The Balaban J connectivity index is 2.65. The number of hydrogen-bond donors (Lipinski definition) is 1. The van der Waals surface area contributed by atoms with E-state index in [2.05, 4.69) is 6.58 Å². The Hall–Kier alpha value is -0.380. The molecule has 1 fully saturated rings. The van der Waals surface area contributed by atoms with E-state index in [-0.39, 0.29) is 11.6 Å². The minimum Gasteiger partial charge on any atom is -0.381 e. The minimum atomic E-state index is -0.236. The van der Waals surface area contributed by atoms with E-state index in [0.717, 1.165) is 26.1 Å². The maximum absolute atomic E-state index is 5.89. The fourth-order valence-corrected chi connectivity index (χ4v) is 1.61. The Morgan fingerprint density at radius 1 is 1.58 bits per heavy atom. The molecule has 1 heterocycles. The van der Waals surface area contributed by atoms with Crippen LogP contribution in [0.5, 0.6) is 0 Å². The Morgan fingerprint density at radius 2 is 2.17 bits per heavy atom. The van der Waals surface area contributed by atoms with Crippen LogP contribution in [0.1, 0.15) is 12.8 Å². The molecule has 3 heteroatoms. The van der Waals surface area contributed by atoms with Crippen molar-refractivity contribution in [1.82, 2.24) is 0 Å². The van der Waals surface area contributed by atoms with Crippen molar-refractivity contribution in [2.24, 2.45) is 5.73 Å². The van der Waals surface area contributed by atoms with Crippen LogP contribution in [-0.4, -0.2) is 32.0 Å². The van der Waals surface area contributed by atoms with Crippen LogP contribution in [-0.2, 0) is 9.47 Å². The van der Waals surface area contributed by atoms with Crippen molar-refractivity contribution < 1.29 is 9.47 Å². The van der Waals surface area contributed by atoms with Crippen LogP contribution in [0.4, 0.5) is 0 Å². The SMILES string of the molecule is C=CC(N)C1(OC)CCOCC1. The third-order valence-corrected chi connectivity index (χ3v) is 2.61. The molecule has 2 N–H and O–H groups in total. The molecule has 0 aliphatic carbocycles. The topological polar surface area (TPSA) is 44.5 Å². The van der Waals surface area contributed by atoms with Crippen LogP contribution < -0.4 is 5.73 Å². The normalized spacial score (nSPS) is 24.8. The van der Waals surface area contributed by atoms with Crippen molar-refractivity contribution in [3.8, 4) is 0 Å². The first-order valence-corrected chi connectivity index (χ1v) is 4.26. The molecular weight excluding hydrogens is 154 g/mol. The number of methoxy groups -OCH3 is 1. The van der Waals surface area contributed by atoms with E-state index in [1.54, 1.807) is 13.2 Å². The highest BCUT2D eigenvalue weighted by Crippen LogP contribution is 2.27. The summed E-state index contributed by atoms with van der Waals surface area (Å²) in [5.74, 6) is 0. The molecule has 0 radical (unpaired) electrons. The van der Waals surface area contributed by atoms with Crippen LogP contribution in [0.3, 0.4) is 0 Å². The van der Waals surface area contributed by atoms with Gasteiger partial charge in [0.1, 0.15) is 0 Å². The molecule has 1 aliphatic rings. The molecule has 0 amide bonds. The first kappa shape index (κ1) is 9.71. The van der Waals surface area contributed by atoms with Crippen molar-refractivity contribution in [2.75, 3.05) is 20.3 Å². The molecule has 70 valence electrons. The largest absolute Gasteiger partial charge is 0.381 e. The molecule has 1 rings (SSSR count). The molecule has 1 aliphatic heterocycles. The fraction of sp³-hybridized carbons (Fsp3) is 0.778. The van der Waals surface area contributed by atoms with Gasteiger partial charge in [0.2, 0.25) is 0 Å². The zero-order chi connectivity index (χ0) is 9.03.